The average molecular weight is 295 g/mol. The van der Waals surface area contributed by atoms with Gasteiger partial charge in [0, 0.05) is 11.3 Å². The molecule has 0 aromatic rings. The van der Waals surface area contributed by atoms with Crippen molar-refractivity contribution in [3.05, 3.63) is 0 Å². The van der Waals surface area contributed by atoms with Gasteiger partial charge in [0.15, 0.2) is 0 Å². The molecule has 108 valence electrons. The van der Waals surface area contributed by atoms with Gasteiger partial charge in [0.1, 0.15) is 0 Å². The third-order valence-corrected chi connectivity index (χ3v) is 5.05. The van der Waals surface area contributed by atoms with E-state index in [0.29, 0.717) is 11.3 Å². The van der Waals surface area contributed by atoms with E-state index in [1.807, 2.05) is 18.7 Å². The Morgan fingerprint density at radius 2 is 2.11 bits per heavy atom. The van der Waals surface area contributed by atoms with Crippen LogP contribution in [0.5, 0.6) is 0 Å². The van der Waals surface area contributed by atoms with Crippen molar-refractivity contribution in [3.63, 3.8) is 0 Å². The number of rotatable bonds is 6. The van der Waals surface area contributed by atoms with Gasteiger partial charge in [0.05, 0.1) is 6.04 Å². The van der Waals surface area contributed by atoms with Crippen molar-refractivity contribution in [2.24, 2.45) is 11.7 Å². The zero-order valence-corrected chi connectivity index (χ0v) is 13.3. The zero-order chi connectivity index (χ0) is 12.8. The van der Waals surface area contributed by atoms with Crippen LogP contribution in [-0.2, 0) is 4.79 Å². The van der Waals surface area contributed by atoms with E-state index in [1.165, 1.54) is 12.8 Å². The van der Waals surface area contributed by atoms with Crippen LogP contribution in [0.4, 0.5) is 0 Å². The maximum atomic E-state index is 12.0. The lowest BCUT2D eigenvalue weighted by Gasteiger charge is -2.24. The van der Waals surface area contributed by atoms with Gasteiger partial charge in [0.25, 0.3) is 0 Å². The smallest absolute Gasteiger partial charge is 0.237 e. The van der Waals surface area contributed by atoms with Crippen molar-refractivity contribution in [1.29, 1.82) is 0 Å². The van der Waals surface area contributed by atoms with Crippen molar-refractivity contribution >= 4 is 30.1 Å². The van der Waals surface area contributed by atoms with E-state index in [1.54, 1.807) is 0 Å². The van der Waals surface area contributed by atoms with Gasteiger partial charge < -0.3 is 11.1 Å². The molecule has 0 aromatic carbocycles. The minimum atomic E-state index is -0.354. The largest absolute Gasteiger partial charge is 0.351 e. The first-order chi connectivity index (χ1) is 8.10. The summed E-state index contributed by atoms with van der Waals surface area (Å²) in [5.74, 6) is 1.41. The number of amides is 1. The lowest BCUT2D eigenvalue weighted by atomic mass is 9.99. The fourth-order valence-electron chi connectivity index (χ4n) is 2.30. The summed E-state index contributed by atoms with van der Waals surface area (Å²) in [7, 11) is 0. The normalized spacial score (nSPS) is 26.2. The minimum Gasteiger partial charge on any atom is -0.351 e. The van der Waals surface area contributed by atoms with E-state index < -0.39 is 0 Å². The number of nitrogens with two attached hydrogens (primary N) is 1. The summed E-state index contributed by atoms with van der Waals surface area (Å²) >= 11 is 1.96. The lowest BCUT2D eigenvalue weighted by molar-refractivity contribution is -0.124. The third kappa shape index (κ3) is 4.98. The van der Waals surface area contributed by atoms with Gasteiger partial charge in [-0.1, -0.05) is 33.6 Å². The topological polar surface area (TPSA) is 55.1 Å². The molecule has 3 N–H and O–H groups in total. The van der Waals surface area contributed by atoms with Crippen LogP contribution in [0.1, 0.15) is 46.5 Å². The lowest BCUT2D eigenvalue weighted by Crippen LogP contribution is -2.49. The van der Waals surface area contributed by atoms with Crippen molar-refractivity contribution in [3.8, 4) is 0 Å². The highest BCUT2D eigenvalue weighted by Gasteiger charge is 2.30. The Balaban J connectivity index is 0.00000289. The summed E-state index contributed by atoms with van der Waals surface area (Å²) < 4.78 is 0. The van der Waals surface area contributed by atoms with E-state index in [4.69, 9.17) is 5.73 Å². The molecule has 1 fully saturated rings. The second kappa shape index (κ2) is 9.05. The molecule has 1 amide bonds. The molecule has 0 radical (unpaired) electrons. The molecule has 0 aliphatic heterocycles. The Labute approximate surface area is 121 Å². The van der Waals surface area contributed by atoms with E-state index in [9.17, 15) is 4.79 Å². The summed E-state index contributed by atoms with van der Waals surface area (Å²) in [6, 6.07) is -0.0181. The zero-order valence-electron chi connectivity index (χ0n) is 11.6. The number of halogens is 1. The van der Waals surface area contributed by atoms with Gasteiger partial charge in [-0.15, -0.1) is 12.4 Å². The minimum absolute atomic E-state index is 0. The molecule has 0 spiro atoms. The van der Waals surface area contributed by atoms with Gasteiger partial charge in [-0.25, -0.2) is 0 Å². The number of nitrogens with one attached hydrogen (secondary N) is 1. The SMILES string of the molecule is CCSC1CCCC1NC(=O)C(N)C(C)CC.Cl. The predicted molar refractivity (Wildman–Crippen MR) is 82.4 cm³/mol. The molecular formula is C13H27ClN2OS. The fraction of sp³-hybridized carbons (Fsp3) is 0.923. The van der Waals surface area contributed by atoms with Gasteiger partial charge in [-0.2, -0.15) is 11.8 Å². The van der Waals surface area contributed by atoms with Crippen LogP contribution < -0.4 is 11.1 Å². The molecular weight excluding hydrogens is 268 g/mol. The van der Waals surface area contributed by atoms with Crippen LogP contribution in [0.2, 0.25) is 0 Å². The highest BCUT2D eigenvalue weighted by molar-refractivity contribution is 7.99. The van der Waals surface area contributed by atoms with Crippen LogP contribution >= 0.6 is 24.2 Å². The van der Waals surface area contributed by atoms with Crippen molar-refractivity contribution in [1.82, 2.24) is 5.32 Å². The molecule has 0 aromatic heterocycles. The first-order valence-electron chi connectivity index (χ1n) is 6.77. The van der Waals surface area contributed by atoms with Gasteiger partial charge in [-0.3, -0.25) is 4.79 Å². The van der Waals surface area contributed by atoms with Crippen molar-refractivity contribution in [2.75, 3.05) is 5.75 Å². The van der Waals surface area contributed by atoms with Crippen LogP contribution in [0, 0.1) is 5.92 Å². The summed E-state index contributed by atoms with van der Waals surface area (Å²) in [5.41, 5.74) is 5.95. The quantitative estimate of drug-likeness (QED) is 0.792. The molecule has 18 heavy (non-hydrogen) atoms. The van der Waals surface area contributed by atoms with Gasteiger partial charge >= 0.3 is 0 Å². The second-order valence-electron chi connectivity index (χ2n) is 4.95. The van der Waals surface area contributed by atoms with Crippen molar-refractivity contribution < 1.29 is 4.79 Å². The molecule has 1 aliphatic carbocycles. The Hall–Kier alpha value is 0.0700. The Bertz CT molecular complexity index is 253. The van der Waals surface area contributed by atoms with Gasteiger partial charge in [-0.05, 0) is 24.5 Å². The second-order valence-corrected chi connectivity index (χ2v) is 6.47. The number of carbonyl (C=O) groups excluding carboxylic acids is 1. The molecule has 1 rings (SSSR count). The van der Waals surface area contributed by atoms with Gasteiger partial charge in [0.2, 0.25) is 5.91 Å². The van der Waals surface area contributed by atoms with E-state index in [-0.39, 0.29) is 30.3 Å². The monoisotopic (exact) mass is 294 g/mol. The number of hydrogen-bond donors (Lipinski definition) is 2. The predicted octanol–water partition coefficient (Wildman–Crippen LogP) is 2.57. The average Bonchev–Trinajstić information content (AvgIpc) is 2.75. The molecule has 5 heteroatoms. The summed E-state index contributed by atoms with van der Waals surface area (Å²) in [6.07, 6.45) is 4.51. The number of carbonyl (C=O) groups is 1. The molecule has 0 bridgehead atoms. The first kappa shape index (κ1) is 18.1. The van der Waals surface area contributed by atoms with Crippen molar-refractivity contribution in [2.45, 2.75) is 63.8 Å². The maximum absolute atomic E-state index is 12.0. The van der Waals surface area contributed by atoms with Crippen LogP contribution in [0.15, 0.2) is 0 Å². The highest BCUT2D eigenvalue weighted by atomic mass is 35.5. The Morgan fingerprint density at radius 1 is 1.44 bits per heavy atom. The molecule has 3 nitrogen and oxygen atoms in total. The number of thioether (sulfide) groups is 1. The van der Waals surface area contributed by atoms with E-state index in [0.717, 1.165) is 18.6 Å². The van der Waals surface area contributed by atoms with E-state index in [2.05, 4.69) is 19.2 Å². The van der Waals surface area contributed by atoms with Crippen LogP contribution in [0.25, 0.3) is 0 Å². The molecule has 4 unspecified atom stereocenters. The molecule has 0 heterocycles. The third-order valence-electron chi connectivity index (χ3n) is 3.72. The highest BCUT2D eigenvalue weighted by Crippen LogP contribution is 2.29. The standard InChI is InChI=1S/C13H26N2OS.ClH/c1-4-9(3)12(14)13(16)15-10-7-6-8-11(10)17-5-2;/h9-12H,4-8,14H2,1-3H3,(H,15,16);1H. The summed E-state index contributed by atoms with van der Waals surface area (Å²) in [5, 5.41) is 3.73. The molecule has 0 saturated heterocycles. The van der Waals surface area contributed by atoms with Crippen LogP contribution in [0.3, 0.4) is 0 Å². The molecule has 1 saturated carbocycles. The number of hydrogen-bond acceptors (Lipinski definition) is 3. The summed E-state index contributed by atoms with van der Waals surface area (Å²) in [6.45, 7) is 6.28. The first-order valence-corrected chi connectivity index (χ1v) is 7.82. The Kier molecular flexibility index (Phi) is 9.09. The Morgan fingerprint density at radius 3 is 2.67 bits per heavy atom. The fourth-order valence-corrected chi connectivity index (χ4v) is 3.49. The summed E-state index contributed by atoms with van der Waals surface area (Å²) in [4.78, 5) is 12.0. The van der Waals surface area contributed by atoms with Crippen LogP contribution in [-0.4, -0.2) is 29.0 Å². The maximum Gasteiger partial charge on any atom is 0.237 e. The molecule has 1 aliphatic rings. The molecule has 4 atom stereocenters. The van der Waals surface area contributed by atoms with E-state index >= 15 is 0 Å².